The van der Waals surface area contributed by atoms with Crippen molar-refractivity contribution in [3.05, 3.63) is 71.9 Å². The van der Waals surface area contributed by atoms with Crippen LogP contribution >= 0.6 is 0 Å². The highest BCUT2D eigenvalue weighted by Crippen LogP contribution is 2.18. The summed E-state index contributed by atoms with van der Waals surface area (Å²) in [6.45, 7) is 3.59. The third kappa shape index (κ3) is 4.07. The Labute approximate surface area is 171 Å². The SMILES string of the molecule is C[n+]1c(/C=C/c2ccc(N3CCOCC3)cc2)ccc2ccccc21.[I-]. The number of benzene rings is 2. The number of rotatable bonds is 3. The molecule has 2 heterocycles. The van der Waals surface area contributed by atoms with Gasteiger partial charge < -0.3 is 33.6 Å². The van der Waals surface area contributed by atoms with Gasteiger partial charge in [-0.3, -0.25) is 0 Å². The number of para-hydroxylation sites is 1. The Bertz CT molecular complexity index is 900. The zero-order valence-corrected chi connectivity index (χ0v) is 17.1. The molecule has 1 fully saturated rings. The molecule has 0 aliphatic carbocycles. The van der Waals surface area contributed by atoms with E-state index in [1.54, 1.807) is 0 Å². The first kappa shape index (κ1) is 18.9. The molecule has 4 heteroatoms. The van der Waals surface area contributed by atoms with E-state index in [0.29, 0.717) is 0 Å². The van der Waals surface area contributed by atoms with Gasteiger partial charge in [0.05, 0.1) is 13.2 Å². The molecule has 3 nitrogen and oxygen atoms in total. The summed E-state index contributed by atoms with van der Waals surface area (Å²) in [5, 5.41) is 1.26. The van der Waals surface area contributed by atoms with Crippen LogP contribution in [0.2, 0.25) is 0 Å². The third-order valence-electron chi connectivity index (χ3n) is 4.83. The van der Waals surface area contributed by atoms with Gasteiger partial charge in [-0.05, 0) is 35.9 Å². The van der Waals surface area contributed by atoms with Crippen molar-refractivity contribution in [2.24, 2.45) is 7.05 Å². The van der Waals surface area contributed by atoms with Crippen molar-refractivity contribution >= 4 is 28.7 Å². The summed E-state index contributed by atoms with van der Waals surface area (Å²) in [7, 11) is 2.11. The summed E-state index contributed by atoms with van der Waals surface area (Å²) in [6, 6.07) is 21.6. The highest BCUT2D eigenvalue weighted by molar-refractivity contribution is 5.77. The predicted octanol–water partition coefficient (Wildman–Crippen LogP) is 0.675. The second kappa shape index (κ2) is 8.64. The van der Waals surface area contributed by atoms with Gasteiger partial charge in [0.15, 0.2) is 0 Å². The second-order valence-corrected chi connectivity index (χ2v) is 6.40. The van der Waals surface area contributed by atoms with Gasteiger partial charge in [-0.2, -0.15) is 4.57 Å². The summed E-state index contributed by atoms with van der Waals surface area (Å²) >= 11 is 0. The Morgan fingerprint density at radius 2 is 1.62 bits per heavy atom. The standard InChI is InChI=1S/C22H23N2O.HI/c1-23-20(13-9-19-4-2-3-5-22(19)23)10-6-18-7-11-21(12-8-18)24-14-16-25-17-15-24;/h2-13H,14-17H2,1H3;1H/q+1;/p-1. The maximum Gasteiger partial charge on any atom is 0.212 e. The molecule has 0 bridgehead atoms. The first-order chi connectivity index (χ1) is 12.3. The van der Waals surface area contributed by atoms with Crippen LogP contribution in [0.25, 0.3) is 23.1 Å². The monoisotopic (exact) mass is 458 g/mol. The fourth-order valence-electron chi connectivity index (χ4n) is 3.33. The molecule has 2 aromatic carbocycles. The fourth-order valence-corrected chi connectivity index (χ4v) is 3.33. The van der Waals surface area contributed by atoms with Crippen LogP contribution in [0.1, 0.15) is 11.3 Å². The van der Waals surface area contributed by atoms with Crippen LogP contribution in [0.4, 0.5) is 5.69 Å². The van der Waals surface area contributed by atoms with Gasteiger partial charge in [-0.15, -0.1) is 0 Å². The minimum absolute atomic E-state index is 0. The molecule has 1 aliphatic rings. The largest absolute Gasteiger partial charge is 1.00 e. The summed E-state index contributed by atoms with van der Waals surface area (Å²) < 4.78 is 7.65. The molecule has 0 spiro atoms. The van der Waals surface area contributed by atoms with Crippen molar-refractivity contribution in [2.75, 3.05) is 31.2 Å². The first-order valence-electron chi connectivity index (χ1n) is 8.80. The van der Waals surface area contributed by atoms with E-state index in [4.69, 9.17) is 4.74 Å². The Hall–Kier alpha value is -1.92. The average Bonchev–Trinajstić information content (AvgIpc) is 2.69. The van der Waals surface area contributed by atoms with Crippen molar-refractivity contribution in [1.82, 2.24) is 0 Å². The van der Waals surface area contributed by atoms with Crippen molar-refractivity contribution < 1.29 is 33.3 Å². The van der Waals surface area contributed by atoms with Gasteiger partial charge in [0, 0.05) is 42.4 Å². The molecule has 0 unspecified atom stereocenters. The normalized spacial score (nSPS) is 14.6. The maximum absolute atomic E-state index is 5.42. The zero-order chi connectivity index (χ0) is 17.1. The quantitative estimate of drug-likeness (QED) is 0.424. The minimum Gasteiger partial charge on any atom is -1.00 e. The van der Waals surface area contributed by atoms with Gasteiger partial charge >= 0.3 is 0 Å². The number of aromatic nitrogens is 1. The Balaban J connectivity index is 0.00000196. The Morgan fingerprint density at radius 3 is 2.38 bits per heavy atom. The lowest BCUT2D eigenvalue weighted by Crippen LogP contribution is -3.00. The van der Waals surface area contributed by atoms with Gasteiger partial charge in [0.1, 0.15) is 7.05 Å². The molecule has 0 saturated carbocycles. The van der Waals surface area contributed by atoms with Crippen LogP contribution in [0.15, 0.2) is 60.7 Å². The van der Waals surface area contributed by atoms with E-state index in [1.807, 2.05) is 0 Å². The molecule has 0 atom stereocenters. The van der Waals surface area contributed by atoms with Crippen molar-refractivity contribution in [3.8, 4) is 0 Å². The summed E-state index contributed by atoms with van der Waals surface area (Å²) in [5.41, 5.74) is 4.92. The smallest absolute Gasteiger partial charge is 0.212 e. The van der Waals surface area contributed by atoms with E-state index in [0.717, 1.165) is 26.3 Å². The Morgan fingerprint density at radius 1 is 0.885 bits per heavy atom. The number of pyridine rings is 1. The summed E-state index contributed by atoms with van der Waals surface area (Å²) in [4.78, 5) is 2.38. The highest BCUT2D eigenvalue weighted by Gasteiger charge is 2.11. The lowest BCUT2D eigenvalue weighted by molar-refractivity contribution is -0.646. The molecule has 0 N–H and O–H groups in total. The van der Waals surface area contributed by atoms with Crippen LogP contribution in [0.3, 0.4) is 0 Å². The lowest BCUT2D eigenvalue weighted by Gasteiger charge is -2.28. The number of hydrogen-bond donors (Lipinski definition) is 0. The number of ether oxygens (including phenoxy) is 1. The average molecular weight is 458 g/mol. The fraction of sp³-hybridized carbons (Fsp3) is 0.227. The zero-order valence-electron chi connectivity index (χ0n) is 14.9. The number of nitrogens with zero attached hydrogens (tertiary/aromatic N) is 2. The topological polar surface area (TPSA) is 16.4 Å². The molecule has 4 rings (SSSR count). The summed E-state index contributed by atoms with van der Waals surface area (Å²) in [5.74, 6) is 0. The second-order valence-electron chi connectivity index (χ2n) is 6.40. The van der Waals surface area contributed by atoms with E-state index in [2.05, 4.69) is 89.3 Å². The van der Waals surface area contributed by atoms with E-state index in [9.17, 15) is 0 Å². The van der Waals surface area contributed by atoms with E-state index in [-0.39, 0.29) is 24.0 Å². The molecule has 1 aromatic heterocycles. The number of aryl methyl sites for hydroxylation is 1. The van der Waals surface area contributed by atoms with Gasteiger partial charge in [0.2, 0.25) is 11.2 Å². The van der Waals surface area contributed by atoms with E-state index >= 15 is 0 Å². The van der Waals surface area contributed by atoms with Crippen LogP contribution in [-0.2, 0) is 11.8 Å². The van der Waals surface area contributed by atoms with Gasteiger partial charge in [0.25, 0.3) is 0 Å². The van der Waals surface area contributed by atoms with Crippen molar-refractivity contribution in [2.45, 2.75) is 0 Å². The van der Waals surface area contributed by atoms with Crippen molar-refractivity contribution in [3.63, 3.8) is 0 Å². The number of morpholine rings is 1. The third-order valence-corrected chi connectivity index (χ3v) is 4.83. The number of hydrogen-bond acceptors (Lipinski definition) is 2. The molecular formula is C22H23IN2O. The molecule has 1 saturated heterocycles. The number of anilines is 1. The van der Waals surface area contributed by atoms with Crippen LogP contribution in [-0.4, -0.2) is 26.3 Å². The molecule has 134 valence electrons. The minimum atomic E-state index is 0. The predicted molar refractivity (Wildman–Crippen MR) is 104 cm³/mol. The number of fused-ring (bicyclic) bond motifs is 1. The molecule has 0 radical (unpaired) electrons. The van der Waals surface area contributed by atoms with E-state index < -0.39 is 0 Å². The molecule has 3 aromatic rings. The molecule has 0 amide bonds. The molecular weight excluding hydrogens is 435 g/mol. The molecule has 26 heavy (non-hydrogen) atoms. The van der Waals surface area contributed by atoms with E-state index in [1.165, 1.54) is 27.8 Å². The van der Waals surface area contributed by atoms with Gasteiger partial charge in [-0.25, -0.2) is 0 Å². The van der Waals surface area contributed by atoms with Crippen LogP contribution in [0.5, 0.6) is 0 Å². The molecule has 1 aliphatic heterocycles. The maximum atomic E-state index is 5.42. The lowest BCUT2D eigenvalue weighted by atomic mass is 10.1. The van der Waals surface area contributed by atoms with Gasteiger partial charge in [-0.1, -0.05) is 24.3 Å². The summed E-state index contributed by atoms with van der Waals surface area (Å²) in [6.07, 6.45) is 4.35. The van der Waals surface area contributed by atoms with Crippen molar-refractivity contribution in [1.29, 1.82) is 0 Å². The number of halogens is 1. The van der Waals surface area contributed by atoms with Crippen LogP contribution in [0, 0.1) is 0 Å². The van der Waals surface area contributed by atoms with Crippen LogP contribution < -0.4 is 33.4 Å². The Kier molecular flexibility index (Phi) is 6.27. The highest BCUT2D eigenvalue weighted by atomic mass is 127. The first-order valence-corrected chi connectivity index (χ1v) is 8.80.